The summed E-state index contributed by atoms with van der Waals surface area (Å²) in [5.41, 5.74) is 7.59. The van der Waals surface area contributed by atoms with E-state index in [1.165, 1.54) is 17.7 Å². The highest BCUT2D eigenvalue weighted by Gasteiger charge is 2.16. The highest BCUT2D eigenvalue weighted by Crippen LogP contribution is 2.28. The number of rotatable bonds is 4. The minimum Gasteiger partial charge on any atom is -0.399 e. The van der Waals surface area contributed by atoms with Crippen LogP contribution in [0.15, 0.2) is 29.0 Å². The number of hydrogen-bond acceptors (Lipinski definition) is 3. The minimum atomic E-state index is -0.271. The molecule has 1 atom stereocenters. The summed E-state index contributed by atoms with van der Waals surface area (Å²) in [6.45, 7) is 1.94. The van der Waals surface area contributed by atoms with E-state index in [2.05, 4.69) is 10.7 Å². The fraction of sp³-hybridized carbons (Fsp3) is 0.214. The first-order valence-electron chi connectivity index (χ1n) is 6.04. The average Bonchev–Trinajstić information content (AvgIpc) is 2.86. The smallest absolute Gasteiger partial charge is 0.253 e. The molecule has 1 amide bonds. The standard InChI is InChI=1S/C14H14Cl2N2OS/c1-8(4-9-2-3-20-7-9)18-14(19)11-5-10(17)6-12(15)13(11)16/h2-3,5-8H,4,17H2,1H3,(H,18,19). The van der Waals surface area contributed by atoms with E-state index in [0.29, 0.717) is 11.3 Å². The van der Waals surface area contributed by atoms with Crippen LogP contribution in [0.1, 0.15) is 22.8 Å². The molecule has 0 aliphatic rings. The Morgan fingerprint density at radius 2 is 2.20 bits per heavy atom. The molecule has 0 radical (unpaired) electrons. The second kappa shape index (κ2) is 6.48. The molecule has 1 aromatic carbocycles. The van der Waals surface area contributed by atoms with Crippen molar-refractivity contribution in [3.05, 3.63) is 50.1 Å². The van der Waals surface area contributed by atoms with Gasteiger partial charge >= 0.3 is 0 Å². The molecule has 0 spiro atoms. The van der Waals surface area contributed by atoms with E-state index in [1.54, 1.807) is 11.3 Å². The molecule has 1 aromatic heterocycles. The molecular weight excluding hydrogens is 315 g/mol. The van der Waals surface area contributed by atoms with E-state index in [-0.39, 0.29) is 22.0 Å². The monoisotopic (exact) mass is 328 g/mol. The van der Waals surface area contributed by atoms with Gasteiger partial charge in [0.1, 0.15) is 0 Å². The van der Waals surface area contributed by atoms with E-state index in [0.717, 1.165) is 6.42 Å². The van der Waals surface area contributed by atoms with E-state index in [4.69, 9.17) is 28.9 Å². The molecule has 0 aliphatic heterocycles. The van der Waals surface area contributed by atoms with Crippen molar-refractivity contribution < 1.29 is 4.79 Å². The van der Waals surface area contributed by atoms with Gasteiger partial charge < -0.3 is 11.1 Å². The van der Waals surface area contributed by atoms with E-state index in [1.807, 2.05) is 18.4 Å². The molecule has 2 aromatic rings. The number of carbonyl (C=O) groups is 1. The molecule has 3 N–H and O–H groups in total. The van der Waals surface area contributed by atoms with E-state index in [9.17, 15) is 4.79 Å². The lowest BCUT2D eigenvalue weighted by molar-refractivity contribution is 0.0940. The number of amides is 1. The Kier molecular flexibility index (Phi) is 4.91. The molecule has 2 rings (SSSR count). The second-order valence-electron chi connectivity index (χ2n) is 4.57. The van der Waals surface area contributed by atoms with Crippen LogP contribution in [0.2, 0.25) is 10.0 Å². The number of carbonyl (C=O) groups excluding carboxylic acids is 1. The van der Waals surface area contributed by atoms with Crippen LogP contribution >= 0.6 is 34.5 Å². The summed E-state index contributed by atoms with van der Waals surface area (Å²) in [6, 6.07) is 5.09. The van der Waals surface area contributed by atoms with Crippen LogP contribution in [-0.4, -0.2) is 11.9 Å². The molecule has 1 unspecified atom stereocenters. The Morgan fingerprint density at radius 3 is 2.85 bits per heavy atom. The van der Waals surface area contributed by atoms with Gasteiger partial charge in [0, 0.05) is 11.7 Å². The van der Waals surface area contributed by atoms with Crippen LogP contribution in [0.25, 0.3) is 0 Å². The highest BCUT2D eigenvalue weighted by molar-refractivity contribution is 7.07. The summed E-state index contributed by atoms with van der Waals surface area (Å²) < 4.78 is 0. The third kappa shape index (κ3) is 3.66. The van der Waals surface area contributed by atoms with Gasteiger partial charge in [-0.2, -0.15) is 11.3 Å². The molecule has 0 aliphatic carbocycles. The first-order valence-corrected chi connectivity index (χ1v) is 7.73. The van der Waals surface area contributed by atoms with Crippen molar-refractivity contribution in [2.24, 2.45) is 0 Å². The maximum atomic E-state index is 12.2. The molecule has 0 fully saturated rings. The number of hydrogen-bond donors (Lipinski definition) is 2. The van der Waals surface area contributed by atoms with Crippen molar-refractivity contribution in [3.8, 4) is 0 Å². The minimum absolute atomic E-state index is 0.00614. The zero-order valence-corrected chi connectivity index (χ0v) is 13.1. The number of thiophene rings is 1. The lowest BCUT2D eigenvalue weighted by Gasteiger charge is -2.14. The maximum Gasteiger partial charge on any atom is 0.253 e. The number of halogens is 2. The second-order valence-corrected chi connectivity index (χ2v) is 6.14. The predicted octanol–water partition coefficient (Wildman–Crippen LogP) is 4.00. The number of nitrogen functional groups attached to an aromatic ring is 1. The van der Waals surface area contributed by atoms with Crippen molar-refractivity contribution in [2.75, 3.05) is 5.73 Å². The van der Waals surface area contributed by atoms with Crippen molar-refractivity contribution >= 4 is 46.1 Å². The average molecular weight is 329 g/mol. The van der Waals surface area contributed by atoms with Gasteiger partial charge in [0.25, 0.3) is 5.91 Å². The Hall–Kier alpha value is -1.23. The Morgan fingerprint density at radius 1 is 1.45 bits per heavy atom. The lowest BCUT2D eigenvalue weighted by Crippen LogP contribution is -2.34. The molecule has 106 valence electrons. The van der Waals surface area contributed by atoms with E-state index >= 15 is 0 Å². The van der Waals surface area contributed by atoms with Crippen LogP contribution in [0.5, 0.6) is 0 Å². The molecule has 0 saturated heterocycles. The summed E-state index contributed by atoms with van der Waals surface area (Å²) in [4.78, 5) is 12.2. The summed E-state index contributed by atoms with van der Waals surface area (Å²) in [6.07, 6.45) is 0.767. The van der Waals surface area contributed by atoms with Gasteiger partial charge in [-0.25, -0.2) is 0 Å². The normalized spacial score (nSPS) is 12.2. The van der Waals surface area contributed by atoms with Crippen LogP contribution < -0.4 is 11.1 Å². The van der Waals surface area contributed by atoms with Gasteiger partial charge in [-0.15, -0.1) is 0 Å². The third-order valence-electron chi connectivity index (χ3n) is 2.79. The fourth-order valence-corrected chi connectivity index (χ4v) is 2.99. The summed E-state index contributed by atoms with van der Waals surface area (Å²) in [5, 5.41) is 7.47. The first kappa shape index (κ1) is 15.2. The quantitative estimate of drug-likeness (QED) is 0.833. The summed E-state index contributed by atoms with van der Waals surface area (Å²) in [5.74, 6) is -0.271. The number of anilines is 1. The van der Waals surface area contributed by atoms with Crippen molar-refractivity contribution in [1.29, 1.82) is 0 Å². The molecule has 0 saturated carbocycles. The van der Waals surface area contributed by atoms with E-state index < -0.39 is 0 Å². The molecular formula is C14H14Cl2N2OS. The molecule has 1 heterocycles. The predicted molar refractivity (Wildman–Crippen MR) is 85.8 cm³/mol. The SMILES string of the molecule is CC(Cc1ccsc1)NC(=O)c1cc(N)cc(Cl)c1Cl. The molecule has 20 heavy (non-hydrogen) atoms. The van der Waals surface area contributed by atoms with Gasteiger partial charge in [0.15, 0.2) is 0 Å². The van der Waals surface area contributed by atoms with Gasteiger partial charge in [-0.3, -0.25) is 4.79 Å². The van der Waals surface area contributed by atoms with Crippen LogP contribution in [0.4, 0.5) is 5.69 Å². The maximum absolute atomic E-state index is 12.2. The molecule has 6 heteroatoms. The third-order valence-corrected chi connectivity index (χ3v) is 4.33. The Bertz CT molecular complexity index is 614. The topological polar surface area (TPSA) is 55.1 Å². The van der Waals surface area contributed by atoms with Crippen molar-refractivity contribution in [2.45, 2.75) is 19.4 Å². The largest absolute Gasteiger partial charge is 0.399 e. The van der Waals surface area contributed by atoms with Crippen molar-refractivity contribution in [1.82, 2.24) is 5.32 Å². The zero-order chi connectivity index (χ0) is 14.7. The van der Waals surface area contributed by atoms with Crippen LogP contribution in [0, 0.1) is 0 Å². The molecule has 0 bridgehead atoms. The fourth-order valence-electron chi connectivity index (χ4n) is 1.89. The Balaban J connectivity index is 2.08. The van der Waals surface area contributed by atoms with Crippen LogP contribution in [0.3, 0.4) is 0 Å². The number of nitrogens with two attached hydrogens (primary N) is 1. The summed E-state index contributed by atoms with van der Waals surface area (Å²) >= 11 is 13.6. The molecule has 3 nitrogen and oxygen atoms in total. The Labute approximate surface area is 131 Å². The van der Waals surface area contributed by atoms with Gasteiger partial charge in [0.2, 0.25) is 0 Å². The number of nitrogens with one attached hydrogen (secondary N) is 1. The zero-order valence-electron chi connectivity index (χ0n) is 10.8. The van der Waals surface area contributed by atoms with Crippen LogP contribution in [-0.2, 0) is 6.42 Å². The van der Waals surface area contributed by atoms with Gasteiger partial charge in [0.05, 0.1) is 15.6 Å². The lowest BCUT2D eigenvalue weighted by atomic mass is 10.1. The summed E-state index contributed by atoms with van der Waals surface area (Å²) in [7, 11) is 0. The van der Waals surface area contributed by atoms with Gasteiger partial charge in [-0.05, 0) is 47.9 Å². The number of benzene rings is 1. The first-order chi connectivity index (χ1) is 9.47. The highest BCUT2D eigenvalue weighted by atomic mass is 35.5. The van der Waals surface area contributed by atoms with Crippen molar-refractivity contribution in [3.63, 3.8) is 0 Å². The van der Waals surface area contributed by atoms with Gasteiger partial charge in [-0.1, -0.05) is 23.2 Å².